The second kappa shape index (κ2) is 10.2. The van der Waals surface area contributed by atoms with Gasteiger partial charge in [0.2, 0.25) is 11.8 Å². The molecule has 0 radical (unpaired) electrons. The number of carboxylic acids is 1. The molecule has 2 aliphatic heterocycles. The number of nitrogens with one attached hydrogen (secondary N) is 2. The van der Waals surface area contributed by atoms with E-state index in [2.05, 4.69) is 17.2 Å². The highest BCUT2D eigenvalue weighted by Gasteiger charge is 2.35. The first-order valence-electron chi connectivity index (χ1n) is 9.83. The smallest absolute Gasteiger partial charge is 0.306 e. The van der Waals surface area contributed by atoms with Gasteiger partial charge >= 0.3 is 5.97 Å². The molecule has 1 unspecified atom stereocenters. The number of imide groups is 1. The molecule has 2 amide bonds. The number of rotatable bonds is 5. The summed E-state index contributed by atoms with van der Waals surface area (Å²) in [6.07, 6.45) is 2.50. The highest BCUT2D eigenvalue weighted by molar-refractivity contribution is 6.01. The Bertz CT molecular complexity index is 806. The van der Waals surface area contributed by atoms with Gasteiger partial charge in [0.05, 0.1) is 17.7 Å². The van der Waals surface area contributed by atoms with Gasteiger partial charge in [-0.15, -0.1) is 6.58 Å². The van der Waals surface area contributed by atoms with Crippen molar-refractivity contribution < 1.29 is 29.0 Å². The number of allylic oxidation sites excluding steroid dienone is 1. The number of carbonyl (C=O) groups is 3. The minimum absolute atomic E-state index is 0.233. The Morgan fingerprint density at radius 1 is 1.40 bits per heavy atom. The molecular weight excluding hydrogens is 393 g/mol. The Morgan fingerprint density at radius 3 is 2.57 bits per heavy atom. The van der Waals surface area contributed by atoms with Crippen molar-refractivity contribution in [2.75, 3.05) is 23.3 Å². The van der Waals surface area contributed by atoms with Crippen molar-refractivity contribution in [2.24, 2.45) is 0 Å². The van der Waals surface area contributed by atoms with Crippen molar-refractivity contribution in [3.8, 4) is 0 Å². The van der Waals surface area contributed by atoms with Gasteiger partial charge in [0.25, 0.3) is 0 Å². The number of piperidine rings is 2. The summed E-state index contributed by atoms with van der Waals surface area (Å²) in [4.78, 5) is 35.6. The Morgan fingerprint density at radius 2 is 2.03 bits per heavy atom. The largest absolute Gasteiger partial charge is 0.481 e. The summed E-state index contributed by atoms with van der Waals surface area (Å²) < 4.78 is 14.6. The Balaban J connectivity index is 0.00000101. The molecule has 2 saturated heterocycles. The number of carbonyl (C=O) groups excluding carboxylic acids is 2. The fourth-order valence-electron chi connectivity index (χ4n) is 3.51. The van der Waals surface area contributed by atoms with E-state index in [0.29, 0.717) is 30.9 Å². The van der Waals surface area contributed by atoms with Crippen LogP contribution >= 0.6 is 0 Å². The quantitative estimate of drug-likeness (QED) is 0.424. The van der Waals surface area contributed by atoms with Crippen molar-refractivity contribution in [1.29, 1.82) is 0 Å². The molecule has 2 heterocycles. The summed E-state index contributed by atoms with van der Waals surface area (Å²) in [5, 5.41) is 24.3. The first-order chi connectivity index (χ1) is 14.2. The van der Waals surface area contributed by atoms with Crippen molar-refractivity contribution >= 4 is 29.2 Å². The molecule has 0 aromatic heterocycles. The van der Waals surface area contributed by atoms with Crippen LogP contribution in [0.25, 0.3) is 0 Å². The van der Waals surface area contributed by atoms with Crippen LogP contribution in [0.15, 0.2) is 30.9 Å². The predicted molar refractivity (Wildman–Crippen MR) is 111 cm³/mol. The Labute approximate surface area is 174 Å². The van der Waals surface area contributed by atoms with Crippen LogP contribution in [0.3, 0.4) is 0 Å². The second-order valence-corrected chi connectivity index (χ2v) is 7.50. The van der Waals surface area contributed by atoms with Gasteiger partial charge in [-0.05, 0) is 44.4 Å². The molecular formula is C21H28FN3O5. The molecule has 1 aromatic carbocycles. The fourth-order valence-corrected chi connectivity index (χ4v) is 3.51. The highest BCUT2D eigenvalue weighted by Crippen LogP contribution is 2.31. The van der Waals surface area contributed by atoms with Crippen LogP contribution in [0.5, 0.6) is 0 Å². The summed E-state index contributed by atoms with van der Waals surface area (Å²) in [5.74, 6) is -2.27. The number of carboxylic acid groups (broad SMARTS) is 1. The number of amides is 2. The number of halogens is 1. The lowest BCUT2D eigenvalue weighted by Crippen LogP contribution is -2.47. The lowest BCUT2D eigenvalue weighted by atomic mass is 9.88. The van der Waals surface area contributed by atoms with E-state index in [9.17, 15) is 23.9 Å². The molecule has 3 rings (SSSR count). The van der Waals surface area contributed by atoms with Crippen LogP contribution in [0, 0.1) is 5.82 Å². The van der Waals surface area contributed by atoms with Crippen LogP contribution in [-0.4, -0.2) is 52.7 Å². The molecule has 0 saturated carbocycles. The molecule has 4 N–H and O–H groups in total. The van der Waals surface area contributed by atoms with Crippen molar-refractivity contribution in [3.63, 3.8) is 0 Å². The van der Waals surface area contributed by atoms with E-state index in [4.69, 9.17) is 5.11 Å². The summed E-state index contributed by atoms with van der Waals surface area (Å²) >= 11 is 0. The van der Waals surface area contributed by atoms with Gasteiger partial charge in [0.15, 0.2) is 0 Å². The van der Waals surface area contributed by atoms with Crippen LogP contribution in [0.2, 0.25) is 0 Å². The molecule has 0 bridgehead atoms. The third-order valence-corrected chi connectivity index (χ3v) is 5.04. The van der Waals surface area contributed by atoms with Crippen LogP contribution in [0.1, 0.15) is 39.0 Å². The molecule has 0 aliphatic carbocycles. The number of hydrogen-bond donors (Lipinski definition) is 4. The lowest BCUT2D eigenvalue weighted by molar-refractivity contribution is -0.143. The molecule has 1 atom stereocenters. The number of anilines is 2. The van der Waals surface area contributed by atoms with Gasteiger partial charge < -0.3 is 20.4 Å². The topological polar surface area (TPSA) is 119 Å². The van der Waals surface area contributed by atoms with Gasteiger partial charge in [0, 0.05) is 25.2 Å². The predicted octanol–water partition coefficient (Wildman–Crippen LogP) is 2.04. The third kappa shape index (κ3) is 6.28. The molecule has 0 spiro atoms. The van der Waals surface area contributed by atoms with Crippen molar-refractivity contribution in [1.82, 2.24) is 5.32 Å². The van der Waals surface area contributed by atoms with Gasteiger partial charge in [-0.3, -0.25) is 19.7 Å². The molecule has 9 heteroatoms. The molecule has 2 aliphatic rings. The first-order valence-corrected chi connectivity index (χ1v) is 9.83. The molecule has 8 nitrogen and oxygen atoms in total. The zero-order valence-corrected chi connectivity index (χ0v) is 17.0. The fraction of sp³-hybridized carbons (Fsp3) is 0.476. The summed E-state index contributed by atoms with van der Waals surface area (Å²) in [5.41, 5.74) is -0.460. The minimum atomic E-state index is -1.26. The normalized spacial score (nSPS) is 20.5. The van der Waals surface area contributed by atoms with Crippen molar-refractivity contribution in [2.45, 2.75) is 50.7 Å². The minimum Gasteiger partial charge on any atom is -0.481 e. The van der Waals surface area contributed by atoms with E-state index in [0.717, 1.165) is 0 Å². The van der Waals surface area contributed by atoms with Crippen LogP contribution in [-0.2, 0) is 14.4 Å². The molecule has 30 heavy (non-hydrogen) atoms. The maximum atomic E-state index is 14.6. The van der Waals surface area contributed by atoms with E-state index in [1.807, 2.05) is 6.92 Å². The lowest BCUT2D eigenvalue weighted by Gasteiger charge is -2.38. The number of nitrogens with zero attached hydrogens (tertiary/aromatic N) is 1. The standard InChI is InChI=1S/C18H22FN3O5.C3H6/c19-12-9-11(20-13-2-4-15(23)21-17(13)26)1-3-14(12)22-7-5-18(27,6-8-22)10-16(24)25;1-3-2/h1,3,9,13,20,27H,2,4-8,10H2,(H,24,25)(H,21,23,26);3H,1H2,2H3. The number of aliphatic carboxylic acids is 1. The van der Waals surface area contributed by atoms with Crippen LogP contribution in [0.4, 0.5) is 15.8 Å². The zero-order chi connectivity index (χ0) is 22.3. The number of benzene rings is 1. The Hall–Kier alpha value is -2.94. The van der Waals surface area contributed by atoms with Gasteiger partial charge in [-0.1, -0.05) is 6.08 Å². The van der Waals surface area contributed by atoms with E-state index in [1.54, 1.807) is 23.1 Å². The van der Waals surface area contributed by atoms with Crippen molar-refractivity contribution in [3.05, 3.63) is 36.7 Å². The summed E-state index contributed by atoms with van der Waals surface area (Å²) in [6.45, 7) is 5.95. The third-order valence-electron chi connectivity index (χ3n) is 5.04. The average molecular weight is 421 g/mol. The van der Waals surface area contributed by atoms with E-state index < -0.39 is 29.3 Å². The monoisotopic (exact) mass is 421 g/mol. The number of hydrogen-bond acceptors (Lipinski definition) is 6. The van der Waals surface area contributed by atoms with Gasteiger partial charge in [0.1, 0.15) is 11.9 Å². The van der Waals surface area contributed by atoms with E-state index in [1.165, 1.54) is 6.07 Å². The summed E-state index contributed by atoms with van der Waals surface area (Å²) in [6, 6.07) is 3.94. The first kappa shape index (κ1) is 23.3. The zero-order valence-electron chi connectivity index (χ0n) is 17.0. The van der Waals surface area contributed by atoms with Gasteiger partial charge in [-0.25, -0.2) is 4.39 Å². The van der Waals surface area contributed by atoms with E-state index in [-0.39, 0.29) is 31.6 Å². The highest BCUT2D eigenvalue weighted by atomic mass is 19.1. The molecule has 164 valence electrons. The Kier molecular flexibility index (Phi) is 7.93. The molecule has 2 fully saturated rings. The van der Waals surface area contributed by atoms with Crippen LogP contribution < -0.4 is 15.5 Å². The van der Waals surface area contributed by atoms with E-state index >= 15 is 0 Å². The average Bonchev–Trinajstić information content (AvgIpc) is 2.65. The maximum absolute atomic E-state index is 14.6. The number of aliphatic hydroxyl groups is 1. The second-order valence-electron chi connectivity index (χ2n) is 7.50. The van der Waals surface area contributed by atoms with Gasteiger partial charge in [-0.2, -0.15) is 0 Å². The summed E-state index contributed by atoms with van der Waals surface area (Å²) in [7, 11) is 0. The SMILES string of the molecule is C=CC.O=C(O)CC1(O)CCN(c2ccc(NC3CCC(=O)NC3=O)cc2F)CC1. The molecule has 1 aromatic rings. The maximum Gasteiger partial charge on any atom is 0.306 e.